The molecule has 3 aromatic rings. The molecule has 0 radical (unpaired) electrons. The Morgan fingerprint density at radius 1 is 1.09 bits per heavy atom. The fourth-order valence-electron chi connectivity index (χ4n) is 7.79. The van der Waals surface area contributed by atoms with Gasteiger partial charge in [0.15, 0.2) is 18.2 Å². The summed E-state index contributed by atoms with van der Waals surface area (Å²) in [6, 6.07) is 4.40. The zero-order valence-corrected chi connectivity index (χ0v) is 26.0. The van der Waals surface area contributed by atoms with Crippen molar-refractivity contribution >= 4 is 11.0 Å². The maximum atomic E-state index is 13.3. The van der Waals surface area contributed by atoms with Crippen LogP contribution in [-0.4, -0.2) is 52.2 Å². The Morgan fingerprint density at radius 3 is 2.76 bits per heavy atom. The van der Waals surface area contributed by atoms with Gasteiger partial charge in [0, 0.05) is 61.4 Å². The summed E-state index contributed by atoms with van der Waals surface area (Å²) in [5.74, 6) is 0.526. The summed E-state index contributed by atoms with van der Waals surface area (Å²) >= 11 is 0. The van der Waals surface area contributed by atoms with Crippen molar-refractivity contribution in [2.24, 2.45) is 23.7 Å². The molecule has 1 saturated carbocycles. The van der Waals surface area contributed by atoms with Crippen LogP contribution in [0.5, 0.6) is 5.75 Å². The summed E-state index contributed by atoms with van der Waals surface area (Å²) < 4.78 is 71.4. The predicted molar refractivity (Wildman–Crippen MR) is 154 cm³/mol. The highest BCUT2D eigenvalue weighted by Crippen LogP contribution is 2.60. The minimum atomic E-state index is -4.67. The van der Waals surface area contributed by atoms with Crippen LogP contribution < -0.4 is 10.4 Å². The predicted octanol–water partition coefficient (Wildman–Crippen LogP) is 5.64. The van der Waals surface area contributed by atoms with Gasteiger partial charge in [-0.1, -0.05) is 19.1 Å². The fourth-order valence-corrected chi connectivity index (χ4v) is 7.79. The average Bonchev–Trinajstić information content (AvgIpc) is 3.34. The zero-order valence-electron chi connectivity index (χ0n) is 26.0. The van der Waals surface area contributed by atoms with Crippen molar-refractivity contribution in [3.8, 4) is 5.75 Å². The molecule has 8 rings (SSSR count). The number of hydrogen-bond acceptors (Lipinski definition) is 10. The van der Waals surface area contributed by atoms with Gasteiger partial charge in [-0.2, -0.15) is 13.2 Å². The molecule has 0 N–H and O–H groups in total. The number of fused-ring (bicyclic) bond motifs is 3. The number of hydrogen-bond donors (Lipinski definition) is 0. The van der Waals surface area contributed by atoms with Crippen LogP contribution in [0, 0.1) is 23.7 Å². The summed E-state index contributed by atoms with van der Waals surface area (Å²) in [6.45, 7) is 7.52. The molecule has 1 spiro atoms. The molecular weight excluding hydrogens is 611 g/mol. The molecule has 5 fully saturated rings. The molecule has 1 aliphatic carbocycles. The minimum Gasteiger partial charge on any atom is -0.493 e. The zero-order chi connectivity index (χ0) is 32.3. The molecule has 0 amide bonds. The van der Waals surface area contributed by atoms with E-state index in [1.165, 1.54) is 18.2 Å². The highest BCUT2D eigenvalue weighted by atomic mass is 19.4. The van der Waals surface area contributed by atoms with Crippen molar-refractivity contribution in [3.63, 3.8) is 0 Å². The van der Waals surface area contributed by atoms with Gasteiger partial charge < -0.3 is 23.4 Å². The number of aromatic nitrogens is 3. The van der Waals surface area contributed by atoms with E-state index in [0.717, 1.165) is 31.4 Å². The molecule has 0 unspecified atom stereocenters. The summed E-state index contributed by atoms with van der Waals surface area (Å²) in [6.07, 6.45) is 1.13. The molecule has 14 heteroatoms. The minimum absolute atomic E-state index is 0.0851. The van der Waals surface area contributed by atoms with Crippen molar-refractivity contribution in [1.82, 2.24) is 15.0 Å². The summed E-state index contributed by atoms with van der Waals surface area (Å²) in [7, 11) is 0. The van der Waals surface area contributed by atoms with Gasteiger partial charge in [0.05, 0.1) is 24.5 Å². The second-order valence-corrected chi connectivity index (χ2v) is 13.2. The van der Waals surface area contributed by atoms with Crippen LogP contribution in [0.4, 0.5) is 13.2 Å². The van der Waals surface area contributed by atoms with E-state index in [1.807, 2.05) is 13.1 Å². The van der Waals surface area contributed by atoms with Crippen molar-refractivity contribution in [2.75, 3.05) is 13.2 Å². The topological polar surface area (TPSA) is 116 Å². The van der Waals surface area contributed by atoms with Crippen LogP contribution in [0.25, 0.3) is 11.0 Å². The molecule has 2 bridgehead atoms. The third-order valence-corrected chi connectivity index (χ3v) is 10.1. The van der Waals surface area contributed by atoms with Gasteiger partial charge in [-0.25, -0.2) is 14.6 Å². The first-order valence-corrected chi connectivity index (χ1v) is 15.9. The number of benzene rings is 1. The molecule has 1 aromatic carbocycles. The van der Waals surface area contributed by atoms with E-state index < -0.39 is 41.3 Å². The van der Waals surface area contributed by atoms with Crippen LogP contribution in [-0.2, 0) is 43.1 Å². The fraction of sp³-hybridized carbons (Fsp3) is 0.656. The standard InChI is InChI=1S/C32H38F3N3O8/c1-18-5-8-24-19(2)28(43-29-31(24)23(18)9-11-30(3,44-29)45-46-31)41-14-10-20-17-38(37-36-20)12-4-13-40-21-6-7-22-25(32(33,34)35)16-27(39)42-26(22)15-21/h6-7,15-19,23-24,28-29H,4-5,8-14H2,1-3H3/t18-,19-,23+,24+,28+,29-,30-,31-/m1/s1. The van der Waals surface area contributed by atoms with Gasteiger partial charge in [-0.05, 0) is 50.2 Å². The van der Waals surface area contributed by atoms with E-state index in [9.17, 15) is 18.0 Å². The Balaban J connectivity index is 0.902. The Labute approximate surface area is 263 Å². The van der Waals surface area contributed by atoms with Crippen molar-refractivity contribution in [3.05, 3.63) is 52.1 Å². The lowest BCUT2D eigenvalue weighted by molar-refractivity contribution is -0.577. The van der Waals surface area contributed by atoms with E-state index in [2.05, 4.69) is 24.2 Å². The van der Waals surface area contributed by atoms with Gasteiger partial charge in [0.2, 0.25) is 5.79 Å². The quantitative estimate of drug-likeness (QED) is 0.164. The van der Waals surface area contributed by atoms with Gasteiger partial charge >= 0.3 is 11.8 Å². The molecule has 8 atom stereocenters. The Hall–Kier alpha value is -3.04. The Kier molecular flexibility index (Phi) is 8.15. The van der Waals surface area contributed by atoms with E-state index in [4.69, 9.17) is 33.1 Å². The number of ether oxygens (including phenoxy) is 4. The molecule has 6 heterocycles. The summed E-state index contributed by atoms with van der Waals surface area (Å²) in [4.78, 5) is 23.7. The second kappa shape index (κ2) is 11.9. The van der Waals surface area contributed by atoms with Gasteiger partial charge in [-0.3, -0.25) is 4.68 Å². The van der Waals surface area contributed by atoms with Crippen molar-refractivity contribution in [1.29, 1.82) is 0 Å². The maximum absolute atomic E-state index is 13.3. The molecule has 2 aromatic heterocycles. The highest BCUT2D eigenvalue weighted by Gasteiger charge is 2.69. The molecule has 5 aliphatic rings. The van der Waals surface area contributed by atoms with Crippen molar-refractivity contribution in [2.45, 2.75) is 96.0 Å². The second-order valence-electron chi connectivity index (χ2n) is 13.2. The van der Waals surface area contributed by atoms with Crippen LogP contribution in [0.3, 0.4) is 0 Å². The maximum Gasteiger partial charge on any atom is 0.417 e. The Bertz CT molecular complexity index is 1630. The summed E-state index contributed by atoms with van der Waals surface area (Å²) in [5.41, 5.74) is -2.15. The number of nitrogens with zero attached hydrogens (tertiary/aromatic N) is 3. The molecule has 4 saturated heterocycles. The lowest BCUT2D eigenvalue weighted by Crippen LogP contribution is -2.70. The molecular formula is C32H38F3N3O8. The molecule has 250 valence electrons. The largest absolute Gasteiger partial charge is 0.493 e. The average molecular weight is 650 g/mol. The van der Waals surface area contributed by atoms with Crippen molar-refractivity contribution < 1.29 is 46.3 Å². The SMILES string of the molecule is C[C@H]1[C@@H](OCCc2cn(CCCOc3ccc4c(C(F)(F)F)cc(=O)oc4c3)nn2)O[C@@H]2O[C@@]3(C)CC[C@H]4[C@H](C)CC[C@@H]1[C@@]24OO3. The first kappa shape index (κ1) is 31.6. The van der Waals surface area contributed by atoms with Gasteiger partial charge in [0.1, 0.15) is 11.3 Å². The molecule has 46 heavy (non-hydrogen) atoms. The monoisotopic (exact) mass is 649 g/mol. The number of alkyl halides is 3. The molecule has 11 nitrogen and oxygen atoms in total. The number of rotatable bonds is 9. The normalized spacial score (nSPS) is 34.0. The van der Waals surface area contributed by atoms with E-state index in [-0.39, 0.29) is 29.4 Å². The van der Waals surface area contributed by atoms with E-state index in [0.29, 0.717) is 49.6 Å². The first-order valence-electron chi connectivity index (χ1n) is 15.9. The van der Waals surface area contributed by atoms with Gasteiger partial charge in [0.25, 0.3) is 0 Å². The number of halogens is 3. The van der Waals surface area contributed by atoms with Gasteiger partial charge in [-0.15, -0.1) is 5.10 Å². The van der Waals surface area contributed by atoms with E-state index in [1.54, 1.807) is 4.68 Å². The Morgan fingerprint density at radius 2 is 1.93 bits per heavy atom. The lowest BCUT2D eigenvalue weighted by atomic mass is 9.58. The van der Waals surface area contributed by atoms with Crippen LogP contribution >= 0.6 is 0 Å². The molecule has 4 aliphatic heterocycles. The summed E-state index contributed by atoms with van der Waals surface area (Å²) in [5, 5.41) is 8.24. The lowest BCUT2D eigenvalue weighted by Gasteiger charge is -2.60. The number of aryl methyl sites for hydroxylation is 1. The van der Waals surface area contributed by atoms with Crippen LogP contribution in [0.15, 0.2) is 39.7 Å². The van der Waals surface area contributed by atoms with Crippen LogP contribution in [0.1, 0.15) is 64.1 Å². The third kappa shape index (κ3) is 5.72. The van der Waals surface area contributed by atoms with E-state index >= 15 is 0 Å². The first-order chi connectivity index (χ1) is 21.9. The third-order valence-electron chi connectivity index (χ3n) is 10.1. The smallest absolute Gasteiger partial charge is 0.417 e. The van der Waals surface area contributed by atoms with Crippen LogP contribution in [0.2, 0.25) is 0 Å². The highest BCUT2D eigenvalue weighted by molar-refractivity contribution is 5.82.